The van der Waals surface area contributed by atoms with Gasteiger partial charge in [0.25, 0.3) is 0 Å². The Hall–Kier alpha value is -1.06. The molecule has 0 aliphatic rings. The molecule has 0 amide bonds. The minimum Gasteiger partial charge on any atom is -0.368 e. The van der Waals surface area contributed by atoms with E-state index in [0.717, 1.165) is 19.6 Å². The third-order valence-corrected chi connectivity index (χ3v) is 3.15. The molecular weight excluding hydrogens is 222 g/mol. The lowest BCUT2D eigenvalue weighted by Gasteiger charge is -2.32. The van der Waals surface area contributed by atoms with Crippen molar-refractivity contribution in [1.82, 2.24) is 10.2 Å². The van der Waals surface area contributed by atoms with Gasteiger partial charge in [0, 0.05) is 31.4 Å². The van der Waals surface area contributed by atoms with E-state index in [1.807, 2.05) is 7.05 Å². The van der Waals surface area contributed by atoms with E-state index in [-0.39, 0.29) is 0 Å². The van der Waals surface area contributed by atoms with Gasteiger partial charge in [-0.1, -0.05) is 12.1 Å². The number of nitrogens with one attached hydrogen (secondary N) is 1. The first kappa shape index (κ1) is 15.0. The first-order valence-electron chi connectivity index (χ1n) is 6.73. The molecule has 0 radical (unpaired) electrons. The number of hydrogen-bond donors (Lipinski definition) is 1. The van der Waals surface area contributed by atoms with E-state index >= 15 is 0 Å². The van der Waals surface area contributed by atoms with E-state index < -0.39 is 0 Å². The quantitative estimate of drug-likeness (QED) is 0.799. The van der Waals surface area contributed by atoms with Crippen LogP contribution in [-0.2, 0) is 6.54 Å². The average molecular weight is 249 g/mol. The minimum atomic E-state index is 0.528. The summed E-state index contributed by atoms with van der Waals surface area (Å²) in [5.41, 5.74) is 2.64. The molecule has 1 atom stereocenters. The molecule has 0 aliphatic heterocycles. The molecule has 1 unspecified atom stereocenters. The summed E-state index contributed by atoms with van der Waals surface area (Å²) in [5.74, 6) is 0. The molecular formula is C15H27N3. The van der Waals surface area contributed by atoms with Gasteiger partial charge in [-0.3, -0.25) is 0 Å². The lowest BCUT2D eigenvalue weighted by Crippen LogP contribution is -2.40. The normalized spacial score (nSPS) is 12.8. The summed E-state index contributed by atoms with van der Waals surface area (Å²) in [6.45, 7) is 7.55. The van der Waals surface area contributed by atoms with Crippen molar-refractivity contribution < 1.29 is 0 Å². The van der Waals surface area contributed by atoms with Crippen LogP contribution in [0.5, 0.6) is 0 Å². The van der Waals surface area contributed by atoms with Crippen LogP contribution in [0.1, 0.15) is 19.4 Å². The molecule has 3 nitrogen and oxygen atoms in total. The maximum Gasteiger partial charge on any atom is 0.0388 e. The molecule has 0 saturated carbocycles. The van der Waals surface area contributed by atoms with Crippen LogP contribution in [0.3, 0.4) is 0 Å². The molecule has 0 bridgehead atoms. The molecule has 1 aromatic rings. The van der Waals surface area contributed by atoms with Crippen molar-refractivity contribution in [1.29, 1.82) is 0 Å². The highest BCUT2D eigenvalue weighted by Gasteiger charge is 2.13. The summed E-state index contributed by atoms with van der Waals surface area (Å²) in [5, 5.41) is 3.18. The number of likely N-dealkylation sites (N-methyl/N-ethyl adjacent to an activating group) is 2. The van der Waals surface area contributed by atoms with Crippen molar-refractivity contribution in [2.75, 3.05) is 39.1 Å². The smallest absolute Gasteiger partial charge is 0.0388 e. The van der Waals surface area contributed by atoms with E-state index in [1.165, 1.54) is 11.3 Å². The van der Waals surface area contributed by atoms with Gasteiger partial charge in [-0.2, -0.15) is 0 Å². The second-order valence-corrected chi connectivity index (χ2v) is 5.09. The predicted octanol–water partition coefficient (Wildman–Crippen LogP) is 2.18. The molecule has 102 valence electrons. The minimum absolute atomic E-state index is 0.528. The third-order valence-electron chi connectivity index (χ3n) is 3.15. The van der Waals surface area contributed by atoms with Gasteiger partial charge >= 0.3 is 0 Å². The standard InChI is InChI=1S/C15H27N3/c1-6-18(13(2)12-17(4)5)15-9-7-14(8-10-15)11-16-3/h7-10,13,16H,6,11-12H2,1-5H3. The Kier molecular flexibility index (Phi) is 6.16. The first-order chi connectivity index (χ1) is 8.58. The van der Waals surface area contributed by atoms with Gasteiger partial charge in [0.2, 0.25) is 0 Å². The van der Waals surface area contributed by atoms with Crippen molar-refractivity contribution in [3.63, 3.8) is 0 Å². The lowest BCUT2D eigenvalue weighted by atomic mass is 10.1. The monoisotopic (exact) mass is 249 g/mol. The fourth-order valence-corrected chi connectivity index (χ4v) is 2.39. The van der Waals surface area contributed by atoms with Gasteiger partial charge in [-0.15, -0.1) is 0 Å². The molecule has 0 aliphatic carbocycles. The highest BCUT2D eigenvalue weighted by atomic mass is 15.2. The average Bonchev–Trinajstić information content (AvgIpc) is 2.31. The topological polar surface area (TPSA) is 18.5 Å². The Labute approximate surface area is 112 Å². The number of nitrogens with zero attached hydrogens (tertiary/aromatic N) is 2. The van der Waals surface area contributed by atoms with Gasteiger partial charge in [0.05, 0.1) is 0 Å². The summed E-state index contributed by atoms with van der Waals surface area (Å²) in [6, 6.07) is 9.39. The van der Waals surface area contributed by atoms with Crippen molar-refractivity contribution >= 4 is 5.69 Å². The van der Waals surface area contributed by atoms with E-state index in [0.29, 0.717) is 6.04 Å². The van der Waals surface area contributed by atoms with Crippen LogP contribution in [0.15, 0.2) is 24.3 Å². The molecule has 18 heavy (non-hydrogen) atoms. The first-order valence-corrected chi connectivity index (χ1v) is 6.73. The van der Waals surface area contributed by atoms with Gasteiger partial charge in [-0.05, 0) is 52.7 Å². The van der Waals surface area contributed by atoms with Gasteiger partial charge in [0.15, 0.2) is 0 Å². The van der Waals surface area contributed by atoms with Crippen LogP contribution in [0.2, 0.25) is 0 Å². The van der Waals surface area contributed by atoms with Crippen LogP contribution >= 0.6 is 0 Å². The summed E-state index contributed by atoms with van der Waals surface area (Å²) >= 11 is 0. The van der Waals surface area contributed by atoms with Crippen LogP contribution in [-0.4, -0.2) is 45.2 Å². The Morgan fingerprint density at radius 3 is 2.22 bits per heavy atom. The zero-order valence-electron chi connectivity index (χ0n) is 12.4. The highest BCUT2D eigenvalue weighted by molar-refractivity contribution is 5.48. The van der Waals surface area contributed by atoms with Crippen molar-refractivity contribution in [3.05, 3.63) is 29.8 Å². The number of hydrogen-bond acceptors (Lipinski definition) is 3. The third kappa shape index (κ3) is 4.31. The van der Waals surface area contributed by atoms with Crippen molar-refractivity contribution in [3.8, 4) is 0 Å². The van der Waals surface area contributed by atoms with Crippen molar-refractivity contribution in [2.24, 2.45) is 0 Å². The second kappa shape index (κ2) is 7.39. The second-order valence-electron chi connectivity index (χ2n) is 5.09. The number of anilines is 1. The molecule has 0 spiro atoms. The van der Waals surface area contributed by atoms with Crippen LogP contribution in [0.4, 0.5) is 5.69 Å². The Bertz CT molecular complexity index is 332. The SMILES string of the molecule is CCN(c1ccc(CNC)cc1)C(C)CN(C)C. The molecule has 1 aromatic carbocycles. The van der Waals surface area contributed by atoms with E-state index in [9.17, 15) is 0 Å². The molecule has 3 heteroatoms. The molecule has 1 N–H and O–H groups in total. The highest BCUT2D eigenvalue weighted by Crippen LogP contribution is 2.18. The van der Waals surface area contributed by atoms with Crippen LogP contribution in [0, 0.1) is 0 Å². The zero-order chi connectivity index (χ0) is 13.5. The van der Waals surface area contributed by atoms with Crippen LogP contribution < -0.4 is 10.2 Å². The Balaban J connectivity index is 2.75. The van der Waals surface area contributed by atoms with E-state index in [2.05, 4.69) is 67.3 Å². The van der Waals surface area contributed by atoms with E-state index in [4.69, 9.17) is 0 Å². The summed E-state index contributed by atoms with van der Waals surface area (Å²) in [7, 11) is 6.23. The Morgan fingerprint density at radius 1 is 1.17 bits per heavy atom. The number of rotatable bonds is 7. The molecule has 0 saturated heterocycles. The summed E-state index contributed by atoms with van der Waals surface area (Å²) < 4.78 is 0. The lowest BCUT2D eigenvalue weighted by molar-refractivity contribution is 0.373. The summed E-state index contributed by atoms with van der Waals surface area (Å²) in [4.78, 5) is 4.69. The largest absolute Gasteiger partial charge is 0.368 e. The Morgan fingerprint density at radius 2 is 1.78 bits per heavy atom. The number of benzene rings is 1. The molecule has 0 aromatic heterocycles. The predicted molar refractivity (Wildman–Crippen MR) is 80.2 cm³/mol. The van der Waals surface area contributed by atoms with Crippen molar-refractivity contribution in [2.45, 2.75) is 26.4 Å². The van der Waals surface area contributed by atoms with Gasteiger partial charge in [0.1, 0.15) is 0 Å². The molecule has 0 fully saturated rings. The fraction of sp³-hybridized carbons (Fsp3) is 0.600. The maximum atomic E-state index is 3.18. The maximum absolute atomic E-state index is 3.18. The molecule has 1 rings (SSSR count). The van der Waals surface area contributed by atoms with Crippen LogP contribution in [0.25, 0.3) is 0 Å². The van der Waals surface area contributed by atoms with Gasteiger partial charge in [-0.25, -0.2) is 0 Å². The summed E-state index contributed by atoms with van der Waals surface area (Å²) in [6.07, 6.45) is 0. The zero-order valence-corrected chi connectivity index (χ0v) is 12.4. The van der Waals surface area contributed by atoms with E-state index in [1.54, 1.807) is 0 Å². The molecule has 0 heterocycles. The fourth-order valence-electron chi connectivity index (χ4n) is 2.39. The van der Waals surface area contributed by atoms with Gasteiger partial charge < -0.3 is 15.1 Å².